The third kappa shape index (κ3) is 5.57. The fraction of sp³-hybridized carbons (Fsp3) is 0.533. The number of methoxy groups -OCH3 is 1. The van der Waals surface area contributed by atoms with Crippen molar-refractivity contribution in [3.05, 3.63) is 29.6 Å². The van der Waals surface area contributed by atoms with Gasteiger partial charge in [0.1, 0.15) is 11.6 Å². The van der Waals surface area contributed by atoms with Crippen LogP contribution in [-0.2, 0) is 4.74 Å². The molecule has 0 fully saturated rings. The minimum absolute atomic E-state index is 0.0221. The monoisotopic (exact) mass is 283 g/mol. The average molecular weight is 283 g/mol. The van der Waals surface area contributed by atoms with E-state index in [1.54, 1.807) is 6.07 Å². The van der Waals surface area contributed by atoms with Gasteiger partial charge in [-0.25, -0.2) is 4.39 Å². The zero-order valence-electron chi connectivity index (χ0n) is 12.2. The van der Waals surface area contributed by atoms with Gasteiger partial charge in [0.05, 0.1) is 12.7 Å². The van der Waals surface area contributed by atoms with Gasteiger partial charge in [-0.1, -0.05) is 13.8 Å². The summed E-state index contributed by atoms with van der Waals surface area (Å²) in [5.74, 6) is -0.119. The number of carbonyl (C=O) groups is 1. The summed E-state index contributed by atoms with van der Waals surface area (Å²) in [5, 5.41) is 2.67. The van der Waals surface area contributed by atoms with Crippen molar-refractivity contribution in [1.29, 1.82) is 0 Å². The lowest BCUT2D eigenvalue weighted by Crippen LogP contribution is -2.26. The smallest absolute Gasteiger partial charge is 0.254 e. The van der Waals surface area contributed by atoms with Crippen molar-refractivity contribution in [2.45, 2.75) is 20.3 Å². The molecule has 112 valence electrons. The molecule has 0 aliphatic carbocycles. The van der Waals surface area contributed by atoms with E-state index >= 15 is 0 Å². The summed E-state index contributed by atoms with van der Waals surface area (Å²) >= 11 is 0. The zero-order valence-corrected chi connectivity index (χ0v) is 12.2. The molecule has 1 aromatic rings. The number of amides is 1. The van der Waals surface area contributed by atoms with Gasteiger partial charge in [-0.05, 0) is 24.5 Å². The minimum Gasteiger partial charge on any atom is -0.497 e. The summed E-state index contributed by atoms with van der Waals surface area (Å²) in [6, 6.07) is 4.17. The number of halogens is 1. The van der Waals surface area contributed by atoms with Gasteiger partial charge < -0.3 is 14.8 Å². The van der Waals surface area contributed by atoms with Gasteiger partial charge in [-0.3, -0.25) is 4.79 Å². The van der Waals surface area contributed by atoms with Crippen LogP contribution >= 0.6 is 0 Å². The second kappa shape index (κ2) is 8.53. The van der Waals surface area contributed by atoms with E-state index in [9.17, 15) is 9.18 Å². The van der Waals surface area contributed by atoms with Gasteiger partial charge in [0.15, 0.2) is 0 Å². The largest absolute Gasteiger partial charge is 0.497 e. The second-order valence-electron chi connectivity index (χ2n) is 4.92. The fourth-order valence-electron chi connectivity index (χ4n) is 1.60. The van der Waals surface area contributed by atoms with E-state index in [0.29, 0.717) is 37.8 Å². The van der Waals surface area contributed by atoms with Gasteiger partial charge in [-0.15, -0.1) is 0 Å². The number of hydrogen-bond donors (Lipinski definition) is 1. The summed E-state index contributed by atoms with van der Waals surface area (Å²) in [6.07, 6.45) is 0.705. The van der Waals surface area contributed by atoms with Crippen LogP contribution in [0.25, 0.3) is 0 Å². The highest BCUT2D eigenvalue weighted by molar-refractivity contribution is 5.94. The maximum Gasteiger partial charge on any atom is 0.254 e. The number of benzene rings is 1. The maximum atomic E-state index is 13.6. The molecule has 1 rings (SSSR count). The molecule has 0 aliphatic heterocycles. The molecule has 0 spiro atoms. The van der Waals surface area contributed by atoms with Crippen molar-refractivity contribution in [2.75, 3.05) is 26.9 Å². The zero-order chi connectivity index (χ0) is 15.0. The summed E-state index contributed by atoms with van der Waals surface area (Å²) < 4.78 is 23.9. The molecule has 5 heteroatoms. The number of hydrogen-bond acceptors (Lipinski definition) is 3. The third-order valence-electron chi connectivity index (χ3n) is 2.62. The molecular formula is C15H22FNO3. The lowest BCUT2D eigenvalue weighted by Gasteiger charge is -2.09. The summed E-state index contributed by atoms with van der Waals surface area (Å²) in [4.78, 5) is 11.8. The van der Waals surface area contributed by atoms with E-state index in [4.69, 9.17) is 9.47 Å². The van der Waals surface area contributed by atoms with Gasteiger partial charge >= 0.3 is 0 Å². The Morgan fingerprint density at radius 2 is 2.15 bits per heavy atom. The van der Waals surface area contributed by atoms with Crippen LogP contribution in [0.15, 0.2) is 18.2 Å². The van der Waals surface area contributed by atoms with Crippen molar-refractivity contribution in [1.82, 2.24) is 5.32 Å². The van der Waals surface area contributed by atoms with E-state index in [0.717, 1.165) is 0 Å². The summed E-state index contributed by atoms with van der Waals surface area (Å²) in [6.45, 7) is 5.91. The SMILES string of the molecule is COc1ccc(C(=O)NCCCOCC(C)C)c(F)c1. The first kappa shape index (κ1) is 16.4. The van der Waals surface area contributed by atoms with Gasteiger partial charge in [0.2, 0.25) is 0 Å². The van der Waals surface area contributed by atoms with Crippen LogP contribution in [0.5, 0.6) is 5.75 Å². The van der Waals surface area contributed by atoms with Crippen molar-refractivity contribution in [2.24, 2.45) is 5.92 Å². The molecular weight excluding hydrogens is 261 g/mol. The lowest BCUT2D eigenvalue weighted by atomic mass is 10.2. The molecule has 0 unspecified atom stereocenters. The van der Waals surface area contributed by atoms with Crippen LogP contribution in [0.1, 0.15) is 30.6 Å². The highest BCUT2D eigenvalue weighted by atomic mass is 19.1. The molecule has 1 amide bonds. The molecule has 0 radical (unpaired) electrons. The molecule has 4 nitrogen and oxygen atoms in total. The first-order chi connectivity index (χ1) is 9.54. The molecule has 0 aromatic heterocycles. The van der Waals surface area contributed by atoms with Crippen LogP contribution in [0.3, 0.4) is 0 Å². The highest BCUT2D eigenvalue weighted by Crippen LogP contribution is 2.15. The van der Waals surface area contributed by atoms with Gasteiger partial charge in [0.25, 0.3) is 5.91 Å². The Labute approximate surface area is 119 Å². The number of ether oxygens (including phenoxy) is 2. The second-order valence-corrected chi connectivity index (χ2v) is 4.92. The van der Waals surface area contributed by atoms with E-state index in [-0.39, 0.29) is 5.56 Å². The predicted molar refractivity (Wildman–Crippen MR) is 75.6 cm³/mol. The van der Waals surface area contributed by atoms with Crippen LogP contribution in [0.2, 0.25) is 0 Å². The molecule has 1 N–H and O–H groups in total. The Morgan fingerprint density at radius 1 is 1.40 bits per heavy atom. The number of nitrogens with one attached hydrogen (secondary N) is 1. The molecule has 1 aromatic carbocycles. The van der Waals surface area contributed by atoms with E-state index in [1.807, 2.05) is 0 Å². The fourth-order valence-corrected chi connectivity index (χ4v) is 1.60. The first-order valence-electron chi connectivity index (χ1n) is 6.74. The standard InChI is InChI=1S/C15H22FNO3/c1-11(2)10-20-8-4-7-17-15(18)13-6-5-12(19-3)9-14(13)16/h5-6,9,11H,4,7-8,10H2,1-3H3,(H,17,18). The number of carbonyl (C=O) groups excluding carboxylic acids is 1. The lowest BCUT2D eigenvalue weighted by molar-refractivity contribution is 0.0921. The van der Waals surface area contributed by atoms with E-state index < -0.39 is 11.7 Å². The highest BCUT2D eigenvalue weighted by Gasteiger charge is 2.11. The van der Waals surface area contributed by atoms with Crippen LogP contribution in [0, 0.1) is 11.7 Å². The molecule has 0 saturated carbocycles. The first-order valence-corrected chi connectivity index (χ1v) is 6.74. The molecule has 0 heterocycles. The normalized spacial score (nSPS) is 10.7. The van der Waals surface area contributed by atoms with Crippen molar-refractivity contribution in [3.63, 3.8) is 0 Å². The molecule has 20 heavy (non-hydrogen) atoms. The van der Waals surface area contributed by atoms with Crippen molar-refractivity contribution < 1.29 is 18.7 Å². The Bertz CT molecular complexity index is 435. The summed E-state index contributed by atoms with van der Waals surface area (Å²) in [7, 11) is 1.45. The van der Waals surface area contributed by atoms with Crippen molar-refractivity contribution in [3.8, 4) is 5.75 Å². The topological polar surface area (TPSA) is 47.6 Å². The molecule has 0 atom stereocenters. The molecule has 0 saturated heterocycles. The molecule has 0 bridgehead atoms. The third-order valence-corrected chi connectivity index (χ3v) is 2.62. The van der Waals surface area contributed by atoms with Crippen LogP contribution in [-0.4, -0.2) is 32.8 Å². The maximum absolute atomic E-state index is 13.6. The molecule has 0 aliphatic rings. The van der Waals surface area contributed by atoms with Crippen LogP contribution < -0.4 is 10.1 Å². The van der Waals surface area contributed by atoms with Gasteiger partial charge in [0, 0.05) is 25.8 Å². The number of rotatable bonds is 8. The van der Waals surface area contributed by atoms with E-state index in [1.165, 1.54) is 19.2 Å². The summed E-state index contributed by atoms with van der Waals surface area (Å²) in [5.41, 5.74) is 0.0221. The van der Waals surface area contributed by atoms with E-state index in [2.05, 4.69) is 19.2 Å². The van der Waals surface area contributed by atoms with Gasteiger partial charge in [-0.2, -0.15) is 0 Å². The Hall–Kier alpha value is -1.62. The van der Waals surface area contributed by atoms with Crippen molar-refractivity contribution >= 4 is 5.91 Å². The average Bonchev–Trinajstić information content (AvgIpc) is 2.41. The Balaban J connectivity index is 2.32. The minimum atomic E-state index is -0.585. The Morgan fingerprint density at radius 3 is 2.75 bits per heavy atom. The Kier molecular flexibility index (Phi) is 7.01. The quantitative estimate of drug-likeness (QED) is 0.746. The van der Waals surface area contributed by atoms with Crippen LogP contribution in [0.4, 0.5) is 4.39 Å². The predicted octanol–water partition coefficient (Wildman–Crippen LogP) is 2.63.